The lowest BCUT2D eigenvalue weighted by molar-refractivity contribution is 0.137. The van der Waals surface area contributed by atoms with E-state index in [2.05, 4.69) is 0 Å². The molecule has 0 rings (SSSR count). The molecule has 0 fully saturated rings. The minimum absolute atomic E-state index is 0. The Balaban J connectivity index is -0.00000000450. The molecule has 0 saturated heterocycles. The summed E-state index contributed by atoms with van der Waals surface area (Å²) < 4.78 is 0. The first kappa shape index (κ1) is 94.7. The van der Waals surface area contributed by atoms with Crippen molar-refractivity contribution in [1.82, 2.24) is 0 Å². The lowest BCUT2D eigenvalue weighted by Crippen LogP contribution is -1.81. The predicted octanol–water partition coefficient (Wildman–Crippen LogP) is 1.95. The third-order valence-corrected chi connectivity index (χ3v) is 0. The first-order valence-electron chi connectivity index (χ1n) is 0.651. The summed E-state index contributed by atoms with van der Waals surface area (Å²) in [5, 5.41) is 13.9. The fourth-order valence-corrected chi connectivity index (χ4v) is 0. The molecule has 0 aromatic rings. The number of hydrogen-bond acceptors (Lipinski definition) is 1. The zero-order valence-corrected chi connectivity index (χ0v) is 3.03. The fourth-order valence-electron chi connectivity index (χ4n) is 0. The number of carboxylic acid groups (broad SMARTS) is 2. The molecule has 0 aliphatic carbocycles. The Labute approximate surface area is 51.4 Å². The van der Waals surface area contributed by atoms with Crippen molar-refractivity contribution < 1.29 is 29.1 Å². The lowest BCUT2D eigenvalue weighted by atomic mass is 11.5. The Bertz CT molecular complexity index is 37.3. The van der Waals surface area contributed by atoms with E-state index >= 15 is 0 Å². The first-order valence-corrected chi connectivity index (χ1v) is 0.651. The van der Waals surface area contributed by atoms with Gasteiger partial charge in [-0.05, 0) is 0 Å². The van der Waals surface area contributed by atoms with Gasteiger partial charge < -0.3 is 10.2 Å². The molecule has 0 aliphatic heterocycles. The van der Waals surface area contributed by atoms with E-state index in [4.69, 9.17) is 15.0 Å². The van der Waals surface area contributed by atoms with Crippen molar-refractivity contribution in [1.29, 1.82) is 0 Å². The number of halogens is 3. The molecule has 3 nitrogen and oxygen atoms in total. The molecule has 0 unspecified atom stereocenters. The first-order chi connectivity index (χ1) is 1.73. The van der Waals surface area contributed by atoms with Gasteiger partial charge in [0.2, 0.25) is 0 Å². The molecule has 0 saturated carbocycles. The van der Waals surface area contributed by atoms with Crippen LogP contribution in [0.2, 0.25) is 0 Å². The van der Waals surface area contributed by atoms with Crippen LogP contribution in [-0.2, 0) is 0 Å². The fraction of sp³-hybridized carbons (Fsp3) is 0.667. The van der Waals surface area contributed by atoms with Crippen LogP contribution in [0.3, 0.4) is 0 Å². The second-order valence-electron chi connectivity index (χ2n) is 0.283. The molecule has 0 amide bonds. The maximum atomic E-state index is 8.56. The summed E-state index contributed by atoms with van der Waals surface area (Å²) in [4.78, 5) is 8.56. The highest BCUT2D eigenvalue weighted by molar-refractivity contribution is 5.53. The van der Waals surface area contributed by atoms with Gasteiger partial charge in [0, 0.05) is 0 Å². The van der Waals surface area contributed by atoms with Gasteiger partial charge in [0.05, 0.1) is 0 Å². The van der Waals surface area contributed by atoms with Crippen molar-refractivity contribution in [3.05, 3.63) is 0 Å². The number of hydrogen-bond donors (Lipinski definition) is 2. The summed E-state index contributed by atoms with van der Waals surface area (Å²) in [7, 11) is 0. The molecule has 0 heterocycles. The van der Waals surface area contributed by atoms with Gasteiger partial charge in [-0.3, -0.25) is 14.1 Å². The summed E-state index contributed by atoms with van der Waals surface area (Å²) in [5.41, 5.74) is 0. The van der Waals surface area contributed by atoms with Crippen LogP contribution in [0.4, 0.5) is 18.9 Å². The third kappa shape index (κ3) is 205. The van der Waals surface area contributed by atoms with Gasteiger partial charge in [0.1, 0.15) is 0 Å². The largest absolute Gasteiger partial charge is 0.503 e. The Kier molecular flexibility index (Phi) is 643. The maximum absolute atomic E-state index is 8.56. The second-order valence-corrected chi connectivity index (χ2v) is 0.283. The minimum Gasteiger partial charge on any atom is -0.450 e. The van der Waals surface area contributed by atoms with Crippen LogP contribution in [0.5, 0.6) is 0 Å². The van der Waals surface area contributed by atoms with Gasteiger partial charge in [-0.15, -0.1) is 0 Å². The Morgan fingerprint density at radius 1 is 0.889 bits per heavy atom. The van der Waals surface area contributed by atoms with Crippen LogP contribution >= 0.6 is 0 Å². The van der Waals surface area contributed by atoms with Crippen LogP contribution in [-0.4, -0.2) is 16.4 Å². The van der Waals surface area contributed by atoms with E-state index in [0.29, 0.717) is 0 Å². The molecule has 9 heavy (non-hydrogen) atoms. The Hall–Kier alpha value is -0.940. The monoisotopic (exact) mass is 154 g/mol. The molecule has 6 heteroatoms. The summed E-state index contributed by atoms with van der Waals surface area (Å²) in [6, 6.07) is 0. The quantitative estimate of drug-likeness (QED) is 0.560. The van der Waals surface area contributed by atoms with E-state index in [9.17, 15) is 0 Å². The van der Waals surface area contributed by atoms with Crippen molar-refractivity contribution in [3.8, 4) is 0 Å². The zero-order valence-electron chi connectivity index (χ0n) is 3.03. The molecular weight excluding hydrogens is 141 g/mol. The molecule has 0 atom stereocenters. The SMILES string of the molecule is C.C.F.F.F.O=C(O)O. The van der Waals surface area contributed by atoms with Crippen molar-refractivity contribution >= 4 is 6.16 Å². The second kappa shape index (κ2) is 61.1. The average Bonchev–Trinajstić information content (AvgIpc) is 0.811. The van der Waals surface area contributed by atoms with Crippen LogP contribution in [0.1, 0.15) is 14.9 Å². The van der Waals surface area contributed by atoms with Gasteiger partial charge in [0.25, 0.3) is 0 Å². The highest BCUT2D eigenvalue weighted by Crippen LogP contribution is 1.42. The molecule has 0 aliphatic rings. The van der Waals surface area contributed by atoms with E-state index in [1.165, 1.54) is 0 Å². The third-order valence-electron chi connectivity index (χ3n) is 0. The Morgan fingerprint density at radius 2 is 0.889 bits per heavy atom. The van der Waals surface area contributed by atoms with E-state index < -0.39 is 6.16 Å². The summed E-state index contributed by atoms with van der Waals surface area (Å²) in [5.74, 6) is 0. The van der Waals surface area contributed by atoms with Crippen molar-refractivity contribution in [3.63, 3.8) is 0 Å². The molecule has 0 aromatic heterocycles. The standard InChI is InChI=1S/CH2O3.2CH4.3FH/c2-1(3)4;;;;;/h(H2,2,3,4);2*1H4;3*1H. The summed E-state index contributed by atoms with van der Waals surface area (Å²) in [6.07, 6.45) is -1.83. The van der Waals surface area contributed by atoms with E-state index in [-0.39, 0.29) is 29.0 Å². The van der Waals surface area contributed by atoms with E-state index in [1.807, 2.05) is 0 Å². The van der Waals surface area contributed by atoms with Crippen molar-refractivity contribution in [2.45, 2.75) is 14.9 Å². The predicted molar refractivity (Wildman–Crippen MR) is 31.6 cm³/mol. The topological polar surface area (TPSA) is 57.5 Å². The zero-order chi connectivity index (χ0) is 3.58. The van der Waals surface area contributed by atoms with Gasteiger partial charge in [-0.2, -0.15) is 0 Å². The highest BCUT2D eigenvalue weighted by Gasteiger charge is 1.70. The van der Waals surface area contributed by atoms with Crippen LogP contribution in [0, 0.1) is 0 Å². The highest BCUT2D eigenvalue weighted by atomic mass is 19.0. The Morgan fingerprint density at radius 3 is 0.889 bits per heavy atom. The lowest BCUT2D eigenvalue weighted by Gasteiger charge is -1.60. The van der Waals surface area contributed by atoms with Gasteiger partial charge >= 0.3 is 6.16 Å². The normalized spacial score (nSPS) is 2.67. The molecule has 0 bridgehead atoms. The maximum Gasteiger partial charge on any atom is 0.503 e. The number of carbonyl (C=O) groups is 1. The van der Waals surface area contributed by atoms with Crippen LogP contribution in [0.25, 0.3) is 0 Å². The molecular formula is C3H13F3O3. The van der Waals surface area contributed by atoms with Crippen LogP contribution in [0.15, 0.2) is 0 Å². The summed E-state index contributed by atoms with van der Waals surface area (Å²) in [6.45, 7) is 0. The smallest absolute Gasteiger partial charge is 0.450 e. The minimum atomic E-state index is -1.83. The average molecular weight is 154 g/mol. The molecule has 2 N–H and O–H groups in total. The molecule has 64 valence electrons. The van der Waals surface area contributed by atoms with Gasteiger partial charge in [-0.25, -0.2) is 4.79 Å². The van der Waals surface area contributed by atoms with E-state index in [0.717, 1.165) is 0 Å². The molecule has 0 spiro atoms. The van der Waals surface area contributed by atoms with Crippen molar-refractivity contribution in [2.75, 3.05) is 0 Å². The van der Waals surface area contributed by atoms with E-state index in [1.54, 1.807) is 0 Å². The van der Waals surface area contributed by atoms with Crippen molar-refractivity contribution in [2.24, 2.45) is 0 Å². The number of rotatable bonds is 0. The van der Waals surface area contributed by atoms with Gasteiger partial charge in [-0.1, -0.05) is 14.9 Å². The van der Waals surface area contributed by atoms with Gasteiger partial charge in [0.15, 0.2) is 0 Å². The molecule has 0 aromatic carbocycles. The molecule has 0 radical (unpaired) electrons. The van der Waals surface area contributed by atoms with Crippen LogP contribution < -0.4 is 0 Å². The summed E-state index contributed by atoms with van der Waals surface area (Å²) >= 11 is 0.